The molecular formula is C108H114. The molecule has 24 bridgehead atoms. The van der Waals surface area contributed by atoms with Crippen molar-refractivity contribution in [2.75, 3.05) is 0 Å². The van der Waals surface area contributed by atoms with Gasteiger partial charge in [0.25, 0.3) is 0 Å². The fourth-order valence-corrected chi connectivity index (χ4v) is 42.2. The van der Waals surface area contributed by atoms with Crippen molar-refractivity contribution in [3.05, 3.63) is 250 Å². The van der Waals surface area contributed by atoms with Gasteiger partial charge in [0, 0.05) is 0 Å². The molecule has 34 rings (SSSR count). The van der Waals surface area contributed by atoms with Gasteiger partial charge in [0.05, 0.1) is 0 Å². The van der Waals surface area contributed by atoms with Gasteiger partial charge in [-0.25, -0.2) is 0 Å². The molecule has 0 heteroatoms. The van der Waals surface area contributed by atoms with E-state index in [2.05, 4.69) is 200 Å². The summed E-state index contributed by atoms with van der Waals surface area (Å²) < 4.78 is 0. The van der Waals surface area contributed by atoms with E-state index in [0.717, 1.165) is 278 Å². The number of allylic oxidation sites excluding steroid dienone is 10. The highest BCUT2D eigenvalue weighted by molar-refractivity contribution is 5.93. The molecule has 0 nitrogen and oxygen atoms in total. The van der Waals surface area contributed by atoms with Gasteiger partial charge >= 0.3 is 0 Å². The van der Waals surface area contributed by atoms with E-state index in [0.29, 0.717) is 0 Å². The molecule has 19 saturated carbocycles. The molecular weight excluding hydrogens is 1300 g/mol. The standard InChI is InChI=1S/C24H26.C23H26.C22H20.C20H22.C19H20/c1-2-4-14-11(3-1)8-15-16-9-19(22(14)15)24-18-10-17(23(16)24)20-12-5-6-13(7-12)21(18)20;1-2-4-12(5-3-1)16-9-15-10-17(16)23-19-11-18(22(15)23)20-13-6-7-14(8-13)21(19)20;1-3-11-4-2-6-15-18(11)14(5-1)21-16-10-17(22(15)21)20-13-8-7-12(9-13)19(16)20;1-2-4-12-9-16-15(8-11(12)3-1)17-10-18(16)20-14-6-5-13(7-14)19(17)20;1-2-4-13-10(3-1)8-14-15-9-16(19(13)14)18-12-6-5-11(7-12)17(15)18/h1-6,12-13,15-24H,7-10H2;1-7,13-23H,8-11H2;1-8,12-13,16-17,19-22H,9-10H2;1-6,13-20H,7-10H2;1-6,11-12,14-19H,7-9H2. The van der Waals surface area contributed by atoms with Crippen LogP contribution < -0.4 is 0 Å². The highest BCUT2D eigenvalue weighted by Crippen LogP contribution is 2.82. The Labute approximate surface area is 644 Å². The van der Waals surface area contributed by atoms with Gasteiger partial charge in [0.2, 0.25) is 0 Å². The van der Waals surface area contributed by atoms with Crippen LogP contribution in [0.25, 0.3) is 10.8 Å². The van der Waals surface area contributed by atoms with Crippen molar-refractivity contribution in [3.8, 4) is 0 Å². The predicted octanol–water partition coefficient (Wildman–Crippen LogP) is 23.3. The van der Waals surface area contributed by atoms with E-state index in [-0.39, 0.29) is 0 Å². The molecule has 0 N–H and O–H groups in total. The van der Waals surface area contributed by atoms with Crippen LogP contribution in [0.1, 0.15) is 163 Å². The molecule has 0 aromatic heterocycles. The molecule has 0 amide bonds. The van der Waals surface area contributed by atoms with Crippen molar-refractivity contribution in [2.24, 2.45) is 249 Å². The van der Waals surface area contributed by atoms with Crippen LogP contribution in [0.3, 0.4) is 0 Å². The Bertz CT molecular complexity index is 4860. The fraction of sp³-hybridized carbons (Fsp3) is 0.593. The number of benzene rings is 6. The van der Waals surface area contributed by atoms with Crippen molar-refractivity contribution in [1.29, 1.82) is 0 Å². The lowest BCUT2D eigenvalue weighted by atomic mass is 9.57. The predicted molar refractivity (Wildman–Crippen MR) is 431 cm³/mol. The zero-order valence-corrected chi connectivity index (χ0v) is 63.7. The Balaban J connectivity index is 0.0000000702. The van der Waals surface area contributed by atoms with Crippen molar-refractivity contribution in [2.45, 2.75) is 139 Å². The minimum Gasteiger partial charge on any atom is -0.0848 e. The number of hydrogen-bond acceptors (Lipinski definition) is 0. The molecule has 6 aromatic carbocycles. The van der Waals surface area contributed by atoms with Crippen LogP contribution in [0.2, 0.25) is 0 Å². The van der Waals surface area contributed by atoms with E-state index < -0.39 is 0 Å². The molecule has 108 heavy (non-hydrogen) atoms. The molecule has 0 saturated heterocycles. The fourth-order valence-electron chi connectivity index (χ4n) is 42.2. The summed E-state index contributed by atoms with van der Waals surface area (Å²) in [6, 6.07) is 53.8. The number of fused-ring (bicyclic) bond motifs is 78. The van der Waals surface area contributed by atoms with E-state index in [1.54, 1.807) is 94.0 Å². The Morgan fingerprint density at radius 3 is 0.972 bits per heavy atom. The second-order valence-corrected chi connectivity index (χ2v) is 44.7. The van der Waals surface area contributed by atoms with Crippen molar-refractivity contribution < 1.29 is 0 Å². The maximum Gasteiger partial charge on any atom is -0.00524 e. The molecule has 0 radical (unpaired) electrons. The average Bonchev–Trinajstić information content (AvgIpc) is 1.52. The van der Waals surface area contributed by atoms with Crippen LogP contribution in [0, 0.1) is 249 Å². The summed E-state index contributed by atoms with van der Waals surface area (Å²) >= 11 is 0. The second kappa shape index (κ2) is 21.4. The van der Waals surface area contributed by atoms with Crippen LogP contribution in [0.15, 0.2) is 200 Å². The number of rotatable bonds is 1. The van der Waals surface area contributed by atoms with Gasteiger partial charge in [0.1, 0.15) is 0 Å². The van der Waals surface area contributed by atoms with E-state index in [4.69, 9.17) is 0 Å². The van der Waals surface area contributed by atoms with Gasteiger partial charge < -0.3 is 0 Å². The summed E-state index contributed by atoms with van der Waals surface area (Å²) in [5, 5.41) is 3.12. The average molecular weight is 1410 g/mol. The van der Waals surface area contributed by atoms with Gasteiger partial charge in [-0.3, -0.25) is 0 Å². The second-order valence-electron chi connectivity index (χ2n) is 44.7. The smallest absolute Gasteiger partial charge is 0.00524 e. The summed E-state index contributed by atoms with van der Waals surface area (Å²) in [6.45, 7) is 0. The summed E-state index contributed by atoms with van der Waals surface area (Å²) in [5.41, 5.74) is 15.3. The zero-order chi connectivity index (χ0) is 68.8. The van der Waals surface area contributed by atoms with Crippen LogP contribution in [-0.4, -0.2) is 0 Å². The first-order valence-corrected chi connectivity index (χ1v) is 46.7. The van der Waals surface area contributed by atoms with Gasteiger partial charge in [0.15, 0.2) is 0 Å². The molecule has 28 aliphatic rings. The van der Waals surface area contributed by atoms with Crippen molar-refractivity contribution >= 4 is 10.8 Å². The van der Waals surface area contributed by atoms with Gasteiger partial charge in [-0.05, 0) is 448 Å². The minimum absolute atomic E-state index is 0.847. The van der Waals surface area contributed by atoms with Crippen LogP contribution in [0.4, 0.5) is 0 Å². The largest absolute Gasteiger partial charge is 0.0848 e. The maximum absolute atomic E-state index is 2.63. The third-order valence-corrected chi connectivity index (χ3v) is 43.3. The molecule has 6 aromatic rings. The van der Waals surface area contributed by atoms with E-state index in [1.807, 2.05) is 0 Å². The van der Waals surface area contributed by atoms with E-state index in [1.165, 1.54) is 76.0 Å². The molecule has 546 valence electrons. The molecule has 19 fully saturated rings. The lowest BCUT2D eigenvalue weighted by Gasteiger charge is -2.47. The highest BCUT2D eigenvalue weighted by atomic mass is 14.8. The first kappa shape index (κ1) is 60.9. The van der Waals surface area contributed by atoms with Gasteiger partial charge in [-0.2, -0.15) is 0 Å². The normalized spacial score (nSPS) is 55.8. The summed E-state index contributed by atoms with van der Waals surface area (Å²) in [4.78, 5) is 0. The molecule has 47 atom stereocenters. The van der Waals surface area contributed by atoms with Crippen LogP contribution in [-0.2, 0) is 25.7 Å². The monoisotopic (exact) mass is 1410 g/mol. The van der Waals surface area contributed by atoms with Crippen LogP contribution >= 0.6 is 0 Å². The van der Waals surface area contributed by atoms with Gasteiger partial charge in [-0.15, -0.1) is 0 Å². The quantitative estimate of drug-likeness (QED) is 0.114. The summed E-state index contributed by atoms with van der Waals surface area (Å²) in [6.07, 6.45) is 51.7. The third-order valence-electron chi connectivity index (χ3n) is 43.3. The van der Waals surface area contributed by atoms with E-state index in [9.17, 15) is 0 Å². The first-order valence-electron chi connectivity index (χ1n) is 46.7. The molecule has 0 spiro atoms. The highest BCUT2D eigenvalue weighted by Gasteiger charge is 2.76. The minimum atomic E-state index is 0.847. The molecule has 0 heterocycles. The molecule has 28 aliphatic carbocycles. The Morgan fingerprint density at radius 1 is 0.185 bits per heavy atom. The summed E-state index contributed by atoms with van der Waals surface area (Å²) in [7, 11) is 0. The van der Waals surface area contributed by atoms with Crippen molar-refractivity contribution in [3.63, 3.8) is 0 Å². The molecule has 0 aliphatic heterocycles. The summed E-state index contributed by atoms with van der Waals surface area (Å²) in [5.74, 6) is 48.5. The Morgan fingerprint density at radius 2 is 0.500 bits per heavy atom. The molecule has 47 unspecified atom stereocenters. The lowest BCUT2D eigenvalue weighted by Crippen LogP contribution is -2.43. The lowest BCUT2D eigenvalue weighted by molar-refractivity contribution is 0.0229. The first-order chi connectivity index (χ1) is 53.5. The maximum atomic E-state index is 2.63. The SMILES string of the molecule is C1=CC2CC1C1C3CC(C21)C1C2CC(C4Cc5ccccc5C42)C31.C1=CC2CC1C1C3CC(C21)C1C2CC(CC2c2ccccc2)C31.C1=CC2CC1C1C3CC(C4Cc5ccccc5CC43)C21.C1=CC2CC1C1C3CC(C4c5cccc6cccc(c56)C34)C21.C1=CC2CC1C1C3CC(C4c5ccccc5CC34)C21. The van der Waals surface area contributed by atoms with Crippen LogP contribution in [0.5, 0.6) is 0 Å². The zero-order valence-electron chi connectivity index (χ0n) is 63.7. The van der Waals surface area contributed by atoms with Crippen molar-refractivity contribution in [1.82, 2.24) is 0 Å². The third kappa shape index (κ3) is 7.45. The Kier molecular flexibility index (Phi) is 12.0. The van der Waals surface area contributed by atoms with E-state index >= 15 is 0 Å². The Hall–Kier alpha value is -5.72. The number of hydrogen-bond donors (Lipinski definition) is 0. The van der Waals surface area contributed by atoms with Gasteiger partial charge in [-0.1, -0.05) is 200 Å². The topological polar surface area (TPSA) is 0 Å².